The molecule has 0 radical (unpaired) electrons. The van der Waals surface area contributed by atoms with Gasteiger partial charge in [0.25, 0.3) is 5.91 Å². The summed E-state index contributed by atoms with van der Waals surface area (Å²) >= 11 is 0. The standard InChI is InChI=1S/C40H37N5O5.C7H6O/c1-5-16-28(6-2)36(46)44-35-32-23-24-33(45(32)43-27-42-35)39(26-41)37(48-4)38(3,47)34(50-39)25-49-40(29-17-10-7-11-18-29,30-19-12-8-13-20-30)31-21-14-9-15-22-31;8-6-7-4-2-1-3-5-7/h5-24,27,34,37,47H,1-2,25H2,3-4H3,(H,42,43,44,46);1-6H/b28-16+;. The summed E-state index contributed by atoms with van der Waals surface area (Å²) in [5.74, 6) is -0.262. The van der Waals surface area contributed by atoms with Gasteiger partial charge in [0.15, 0.2) is 5.82 Å². The van der Waals surface area contributed by atoms with Crippen molar-refractivity contribution in [2.75, 3.05) is 19.0 Å². The third kappa shape index (κ3) is 7.78. The number of aldehydes is 1. The largest absolute Gasteiger partial charge is 0.384 e. The molecule has 4 unspecified atom stereocenters. The van der Waals surface area contributed by atoms with Crippen molar-refractivity contribution in [1.82, 2.24) is 14.6 Å². The Morgan fingerprint density at radius 1 is 0.931 bits per heavy atom. The maximum absolute atomic E-state index is 12.9. The predicted octanol–water partition coefficient (Wildman–Crippen LogP) is 7.36. The van der Waals surface area contributed by atoms with Crippen molar-refractivity contribution in [3.05, 3.63) is 205 Å². The number of benzene rings is 4. The molecule has 7 rings (SSSR count). The lowest BCUT2D eigenvalue weighted by molar-refractivity contribution is -0.120. The van der Waals surface area contributed by atoms with Gasteiger partial charge in [-0.1, -0.05) is 153 Å². The van der Waals surface area contributed by atoms with Crippen molar-refractivity contribution < 1.29 is 28.9 Å². The number of nitrogens with one attached hydrogen (secondary N) is 1. The van der Waals surface area contributed by atoms with Crippen molar-refractivity contribution in [2.24, 2.45) is 0 Å². The van der Waals surface area contributed by atoms with Gasteiger partial charge in [-0.15, -0.1) is 0 Å². The Morgan fingerprint density at radius 3 is 1.95 bits per heavy atom. The summed E-state index contributed by atoms with van der Waals surface area (Å²) in [7, 11) is 1.42. The Kier molecular flexibility index (Phi) is 12.7. The molecule has 2 N–H and O–H groups in total. The molecule has 11 heteroatoms. The molecule has 58 heavy (non-hydrogen) atoms. The highest BCUT2D eigenvalue weighted by atomic mass is 16.6. The lowest BCUT2D eigenvalue weighted by Gasteiger charge is -2.38. The summed E-state index contributed by atoms with van der Waals surface area (Å²) in [5, 5.41) is 30.2. The van der Waals surface area contributed by atoms with E-state index in [4.69, 9.17) is 14.2 Å². The number of nitrogens with zero attached hydrogens (tertiary/aromatic N) is 4. The molecule has 11 nitrogen and oxygen atoms in total. The van der Waals surface area contributed by atoms with Crippen molar-refractivity contribution in [3.63, 3.8) is 0 Å². The molecule has 1 amide bonds. The number of carbonyl (C=O) groups excluding carboxylic acids is 2. The van der Waals surface area contributed by atoms with Gasteiger partial charge >= 0.3 is 0 Å². The molecule has 4 aromatic carbocycles. The molecule has 4 atom stereocenters. The first-order valence-corrected chi connectivity index (χ1v) is 18.4. The number of aromatic nitrogens is 3. The highest BCUT2D eigenvalue weighted by Crippen LogP contribution is 2.48. The molecule has 0 saturated carbocycles. The van der Waals surface area contributed by atoms with Gasteiger partial charge in [0.05, 0.1) is 12.3 Å². The lowest BCUT2D eigenvalue weighted by atomic mass is 9.80. The fourth-order valence-electron chi connectivity index (χ4n) is 7.29. The van der Waals surface area contributed by atoms with Gasteiger partial charge in [0, 0.05) is 18.2 Å². The second kappa shape index (κ2) is 18.0. The van der Waals surface area contributed by atoms with Gasteiger partial charge in [0.1, 0.15) is 47.6 Å². The number of methoxy groups -OCH3 is 1. The zero-order valence-corrected chi connectivity index (χ0v) is 32.1. The highest BCUT2D eigenvalue weighted by Gasteiger charge is 2.65. The molecule has 1 fully saturated rings. The average Bonchev–Trinajstić information content (AvgIpc) is 3.81. The first-order valence-electron chi connectivity index (χ1n) is 18.4. The molecule has 1 aliphatic heterocycles. The Hall–Kier alpha value is -6.81. The normalized spacial score (nSPS) is 20.3. The van der Waals surface area contributed by atoms with Crippen LogP contribution in [0.3, 0.4) is 0 Å². The number of anilines is 1. The summed E-state index contributed by atoms with van der Waals surface area (Å²) in [5.41, 5.74) is -0.379. The van der Waals surface area contributed by atoms with Crippen molar-refractivity contribution >= 4 is 23.5 Å². The number of rotatable bonds is 13. The van der Waals surface area contributed by atoms with E-state index in [1.165, 1.54) is 36.2 Å². The number of amides is 1. The van der Waals surface area contributed by atoms with E-state index in [0.717, 1.165) is 28.5 Å². The maximum atomic E-state index is 12.9. The van der Waals surface area contributed by atoms with E-state index < -0.39 is 34.9 Å². The third-order valence-electron chi connectivity index (χ3n) is 10.1. The second-order valence-corrected chi connectivity index (χ2v) is 13.6. The molecule has 1 saturated heterocycles. The monoisotopic (exact) mass is 773 g/mol. The zero-order valence-electron chi connectivity index (χ0n) is 32.1. The molecule has 1 aliphatic rings. The number of allylic oxidation sites excluding steroid dienone is 2. The minimum Gasteiger partial charge on any atom is -0.384 e. The van der Waals surface area contributed by atoms with Crippen LogP contribution in [-0.4, -0.2) is 63.4 Å². The van der Waals surface area contributed by atoms with Crippen LogP contribution in [0.2, 0.25) is 0 Å². The predicted molar refractivity (Wildman–Crippen MR) is 221 cm³/mol. The van der Waals surface area contributed by atoms with E-state index in [0.29, 0.717) is 5.52 Å². The van der Waals surface area contributed by atoms with E-state index in [1.54, 1.807) is 31.2 Å². The molecule has 292 valence electrons. The number of nitriles is 1. The fraction of sp³-hybridized carbons (Fsp3) is 0.170. The lowest BCUT2D eigenvalue weighted by Crippen LogP contribution is -2.51. The van der Waals surface area contributed by atoms with Crippen LogP contribution in [0.1, 0.15) is 39.7 Å². The number of ether oxygens (including phenoxy) is 3. The van der Waals surface area contributed by atoms with Gasteiger partial charge in [-0.25, -0.2) is 9.50 Å². The first-order chi connectivity index (χ1) is 28.2. The van der Waals surface area contributed by atoms with Crippen LogP contribution in [-0.2, 0) is 30.2 Å². The summed E-state index contributed by atoms with van der Waals surface area (Å²) < 4.78 is 21.0. The van der Waals surface area contributed by atoms with E-state index in [9.17, 15) is 20.0 Å². The van der Waals surface area contributed by atoms with E-state index in [-0.39, 0.29) is 23.7 Å². The van der Waals surface area contributed by atoms with Crippen LogP contribution in [0.25, 0.3) is 5.52 Å². The molecule has 0 spiro atoms. The fourth-order valence-corrected chi connectivity index (χ4v) is 7.29. The van der Waals surface area contributed by atoms with E-state index >= 15 is 0 Å². The number of aliphatic hydroxyl groups is 1. The van der Waals surface area contributed by atoms with Gasteiger partial charge in [-0.3, -0.25) is 9.59 Å². The highest BCUT2D eigenvalue weighted by molar-refractivity contribution is 6.07. The molecule has 0 bridgehead atoms. The number of fused-ring (bicyclic) bond motifs is 1. The second-order valence-electron chi connectivity index (χ2n) is 13.6. The number of hydrogen-bond acceptors (Lipinski definition) is 9. The summed E-state index contributed by atoms with van der Waals surface area (Å²) in [6, 6.07) is 44.2. The van der Waals surface area contributed by atoms with Crippen LogP contribution in [0, 0.1) is 11.3 Å². The van der Waals surface area contributed by atoms with Gasteiger partial charge in [0.2, 0.25) is 5.60 Å². The SMILES string of the molecule is C=C/C=C(\C=C)C(=O)Nc1ncnn2c(C3(C#N)OC(COC(c4ccccc4)(c4ccccc4)c4ccccc4)C(C)(O)C3OC)ccc12.O=Cc1ccccc1. The number of hydrogen-bond donors (Lipinski definition) is 2. The first kappa shape index (κ1) is 40.8. The Bertz CT molecular complexity index is 2330. The topological polar surface area (TPSA) is 148 Å². The van der Waals surface area contributed by atoms with Crippen molar-refractivity contribution in [3.8, 4) is 6.07 Å². The van der Waals surface area contributed by atoms with Gasteiger partial charge in [-0.05, 0) is 35.7 Å². The summed E-state index contributed by atoms with van der Waals surface area (Å²) in [6.07, 6.45) is 4.28. The van der Waals surface area contributed by atoms with Crippen LogP contribution in [0.15, 0.2) is 177 Å². The Balaban J connectivity index is 0.000000633. The average molecular weight is 774 g/mol. The minimum atomic E-state index is -1.85. The van der Waals surface area contributed by atoms with Crippen LogP contribution < -0.4 is 5.32 Å². The molecular weight excluding hydrogens is 731 g/mol. The van der Waals surface area contributed by atoms with Gasteiger partial charge in [-0.2, -0.15) is 10.4 Å². The van der Waals surface area contributed by atoms with Crippen LogP contribution >= 0.6 is 0 Å². The molecule has 6 aromatic rings. The third-order valence-corrected chi connectivity index (χ3v) is 10.1. The Morgan fingerprint density at radius 2 is 1.48 bits per heavy atom. The maximum Gasteiger partial charge on any atom is 0.256 e. The quantitative estimate of drug-likeness (QED) is 0.0532. The molecule has 2 aromatic heterocycles. The Labute approximate surface area is 337 Å². The zero-order chi connectivity index (χ0) is 41.2. The van der Waals surface area contributed by atoms with E-state index in [1.807, 2.05) is 109 Å². The molecule has 0 aliphatic carbocycles. The van der Waals surface area contributed by atoms with Crippen LogP contribution in [0.5, 0.6) is 0 Å². The van der Waals surface area contributed by atoms with Crippen LogP contribution in [0.4, 0.5) is 5.82 Å². The minimum absolute atomic E-state index is 0.130. The van der Waals surface area contributed by atoms with Crippen molar-refractivity contribution in [1.29, 1.82) is 5.26 Å². The summed E-state index contributed by atoms with van der Waals surface area (Å²) in [4.78, 5) is 27.2. The van der Waals surface area contributed by atoms with E-state index in [2.05, 4.69) is 34.6 Å². The molecular formula is C47H43N5O6. The molecule has 3 heterocycles. The smallest absolute Gasteiger partial charge is 0.256 e. The van der Waals surface area contributed by atoms with Gasteiger partial charge < -0.3 is 24.6 Å². The van der Waals surface area contributed by atoms with Crippen molar-refractivity contribution in [2.45, 2.75) is 35.9 Å². The number of carbonyl (C=O) groups is 2. The summed E-state index contributed by atoms with van der Waals surface area (Å²) in [6.45, 7) is 8.77.